The van der Waals surface area contributed by atoms with Gasteiger partial charge in [-0.3, -0.25) is 0 Å². The molecule has 2 aliphatic rings. The SMILES string of the molecule is CCC[C@H]1C=C(N=NC2=C(C)CCCC2)CCC1. The molecule has 0 aliphatic heterocycles. The largest absolute Gasteiger partial charge is 0.156 e. The Morgan fingerprint density at radius 1 is 1.11 bits per heavy atom. The first-order valence-electron chi connectivity index (χ1n) is 7.60. The molecule has 0 heterocycles. The second-order valence-corrected chi connectivity index (χ2v) is 5.73. The third kappa shape index (κ3) is 3.79. The van der Waals surface area contributed by atoms with Crippen LogP contribution in [0.25, 0.3) is 0 Å². The van der Waals surface area contributed by atoms with Crippen LogP contribution in [0, 0.1) is 5.92 Å². The third-order valence-electron chi connectivity index (χ3n) is 4.10. The zero-order chi connectivity index (χ0) is 12.8. The zero-order valence-electron chi connectivity index (χ0n) is 11.9. The Hall–Kier alpha value is -0.920. The Bertz CT molecular complexity index is 363. The summed E-state index contributed by atoms with van der Waals surface area (Å²) in [6.07, 6.45) is 13.6. The minimum atomic E-state index is 0.749. The molecule has 2 rings (SSSR count). The molecule has 0 unspecified atom stereocenters. The van der Waals surface area contributed by atoms with E-state index in [4.69, 9.17) is 0 Å². The first kappa shape index (κ1) is 13.5. The molecule has 0 saturated carbocycles. The van der Waals surface area contributed by atoms with Crippen LogP contribution < -0.4 is 0 Å². The molecule has 1 atom stereocenters. The molecule has 0 aromatic carbocycles. The Balaban J connectivity index is 1.99. The maximum Gasteiger partial charge on any atom is 0.0619 e. The van der Waals surface area contributed by atoms with Gasteiger partial charge in [0.15, 0.2) is 0 Å². The van der Waals surface area contributed by atoms with E-state index in [1.54, 1.807) is 0 Å². The van der Waals surface area contributed by atoms with Crippen LogP contribution in [0.1, 0.15) is 71.6 Å². The van der Waals surface area contributed by atoms with Crippen LogP contribution in [0.15, 0.2) is 33.3 Å². The molecule has 100 valence electrons. The van der Waals surface area contributed by atoms with Crippen LogP contribution in [-0.4, -0.2) is 0 Å². The average molecular weight is 246 g/mol. The summed E-state index contributed by atoms with van der Waals surface area (Å²) in [5, 5.41) is 9.04. The Morgan fingerprint density at radius 2 is 1.94 bits per heavy atom. The molecule has 0 aromatic heterocycles. The monoisotopic (exact) mass is 246 g/mol. The standard InChI is InChI=1S/C16H26N2/c1-3-7-14-9-6-10-15(12-14)17-18-16-11-5-4-8-13(16)2/h12,14H,3-11H2,1-2H3/t14-/m1/s1. The summed E-state index contributed by atoms with van der Waals surface area (Å²) in [4.78, 5) is 0. The van der Waals surface area contributed by atoms with Gasteiger partial charge in [-0.05, 0) is 69.8 Å². The summed E-state index contributed by atoms with van der Waals surface area (Å²) in [5.41, 5.74) is 3.93. The normalized spacial score (nSPS) is 25.7. The van der Waals surface area contributed by atoms with Crippen molar-refractivity contribution >= 4 is 0 Å². The van der Waals surface area contributed by atoms with Gasteiger partial charge in [0.2, 0.25) is 0 Å². The molecule has 0 N–H and O–H groups in total. The van der Waals surface area contributed by atoms with Crippen molar-refractivity contribution in [2.75, 3.05) is 0 Å². The van der Waals surface area contributed by atoms with E-state index in [1.807, 2.05) is 0 Å². The fourth-order valence-corrected chi connectivity index (χ4v) is 2.97. The zero-order valence-corrected chi connectivity index (χ0v) is 11.9. The van der Waals surface area contributed by atoms with E-state index in [1.165, 1.54) is 61.9 Å². The van der Waals surface area contributed by atoms with Crippen LogP contribution in [0.2, 0.25) is 0 Å². The lowest BCUT2D eigenvalue weighted by molar-refractivity contribution is 0.486. The van der Waals surface area contributed by atoms with Gasteiger partial charge in [0.1, 0.15) is 0 Å². The smallest absolute Gasteiger partial charge is 0.0619 e. The highest BCUT2D eigenvalue weighted by Crippen LogP contribution is 2.29. The lowest BCUT2D eigenvalue weighted by Gasteiger charge is -2.18. The third-order valence-corrected chi connectivity index (χ3v) is 4.10. The predicted octanol–water partition coefficient (Wildman–Crippen LogP) is 5.77. The molecule has 0 spiro atoms. The maximum atomic E-state index is 4.52. The number of rotatable bonds is 4. The van der Waals surface area contributed by atoms with E-state index in [2.05, 4.69) is 30.2 Å². The minimum absolute atomic E-state index is 0.749. The molecular formula is C16H26N2. The summed E-state index contributed by atoms with van der Waals surface area (Å²) in [5.74, 6) is 0.749. The number of hydrogen-bond acceptors (Lipinski definition) is 2. The van der Waals surface area contributed by atoms with E-state index in [0.717, 1.165) is 18.8 Å². The topological polar surface area (TPSA) is 24.7 Å². The van der Waals surface area contributed by atoms with E-state index < -0.39 is 0 Å². The summed E-state index contributed by atoms with van der Waals surface area (Å²) >= 11 is 0. The van der Waals surface area contributed by atoms with Gasteiger partial charge in [0.25, 0.3) is 0 Å². The second kappa shape index (κ2) is 6.86. The molecular weight excluding hydrogens is 220 g/mol. The van der Waals surface area contributed by atoms with Crippen molar-refractivity contribution in [3.05, 3.63) is 23.0 Å². The molecule has 0 amide bonds. The van der Waals surface area contributed by atoms with Crippen molar-refractivity contribution < 1.29 is 0 Å². The van der Waals surface area contributed by atoms with Crippen molar-refractivity contribution in [2.24, 2.45) is 16.1 Å². The fourth-order valence-electron chi connectivity index (χ4n) is 2.97. The number of azo groups is 1. The van der Waals surface area contributed by atoms with Crippen LogP contribution >= 0.6 is 0 Å². The van der Waals surface area contributed by atoms with E-state index >= 15 is 0 Å². The van der Waals surface area contributed by atoms with E-state index in [-0.39, 0.29) is 0 Å². The van der Waals surface area contributed by atoms with Gasteiger partial charge in [0, 0.05) is 0 Å². The van der Waals surface area contributed by atoms with Gasteiger partial charge in [-0.25, -0.2) is 0 Å². The first-order valence-corrected chi connectivity index (χ1v) is 7.60. The van der Waals surface area contributed by atoms with Crippen LogP contribution in [0.3, 0.4) is 0 Å². The molecule has 0 radical (unpaired) electrons. The van der Waals surface area contributed by atoms with Crippen molar-refractivity contribution in [1.82, 2.24) is 0 Å². The van der Waals surface area contributed by atoms with Gasteiger partial charge in [-0.1, -0.05) is 19.4 Å². The minimum Gasteiger partial charge on any atom is -0.156 e. The number of allylic oxidation sites excluding steroid dienone is 4. The Morgan fingerprint density at radius 3 is 2.72 bits per heavy atom. The second-order valence-electron chi connectivity index (χ2n) is 5.73. The van der Waals surface area contributed by atoms with Gasteiger partial charge in [-0.2, -0.15) is 10.2 Å². The van der Waals surface area contributed by atoms with Crippen LogP contribution in [0.4, 0.5) is 0 Å². The van der Waals surface area contributed by atoms with Crippen LogP contribution in [0.5, 0.6) is 0 Å². The van der Waals surface area contributed by atoms with Gasteiger partial charge < -0.3 is 0 Å². The predicted molar refractivity (Wildman–Crippen MR) is 76.4 cm³/mol. The highest BCUT2D eigenvalue weighted by atomic mass is 15.1. The quantitative estimate of drug-likeness (QED) is 0.562. The fraction of sp³-hybridized carbons (Fsp3) is 0.750. The van der Waals surface area contributed by atoms with E-state index in [0.29, 0.717) is 0 Å². The molecule has 18 heavy (non-hydrogen) atoms. The maximum absolute atomic E-state index is 4.52. The molecule has 0 saturated heterocycles. The van der Waals surface area contributed by atoms with E-state index in [9.17, 15) is 0 Å². The highest BCUT2D eigenvalue weighted by Gasteiger charge is 2.13. The first-order chi connectivity index (χ1) is 8.79. The van der Waals surface area contributed by atoms with Gasteiger partial charge in [0.05, 0.1) is 11.4 Å². The highest BCUT2D eigenvalue weighted by molar-refractivity contribution is 5.14. The lowest BCUT2D eigenvalue weighted by Crippen LogP contribution is -2.03. The van der Waals surface area contributed by atoms with Crippen molar-refractivity contribution in [3.8, 4) is 0 Å². The van der Waals surface area contributed by atoms with Crippen molar-refractivity contribution in [1.29, 1.82) is 0 Å². The van der Waals surface area contributed by atoms with Crippen LogP contribution in [-0.2, 0) is 0 Å². The molecule has 2 heteroatoms. The average Bonchev–Trinajstić information content (AvgIpc) is 2.39. The Kier molecular flexibility index (Phi) is 5.15. The summed E-state index contributed by atoms with van der Waals surface area (Å²) in [7, 11) is 0. The Labute approximate surface area is 111 Å². The summed E-state index contributed by atoms with van der Waals surface area (Å²) in [6, 6.07) is 0. The molecule has 0 bridgehead atoms. The molecule has 2 aliphatic carbocycles. The van der Waals surface area contributed by atoms with Crippen molar-refractivity contribution in [2.45, 2.75) is 71.6 Å². The summed E-state index contributed by atoms with van der Waals surface area (Å²) < 4.78 is 0. The number of nitrogens with zero attached hydrogens (tertiary/aromatic N) is 2. The van der Waals surface area contributed by atoms with Gasteiger partial charge >= 0.3 is 0 Å². The number of hydrogen-bond donors (Lipinski definition) is 0. The lowest BCUT2D eigenvalue weighted by atomic mass is 9.90. The molecule has 0 fully saturated rings. The molecule has 0 aromatic rings. The van der Waals surface area contributed by atoms with Crippen molar-refractivity contribution in [3.63, 3.8) is 0 Å². The molecule has 2 nitrogen and oxygen atoms in total. The van der Waals surface area contributed by atoms with Gasteiger partial charge in [-0.15, -0.1) is 0 Å². The summed E-state index contributed by atoms with van der Waals surface area (Å²) in [6.45, 7) is 4.47.